The molecule has 6 heteroatoms. The Morgan fingerprint density at radius 2 is 2.53 bits per heavy atom. The van der Waals surface area contributed by atoms with Crippen molar-refractivity contribution in [1.82, 2.24) is 4.98 Å². The van der Waals surface area contributed by atoms with Crippen molar-refractivity contribution in [3.63, 3.8) is 0 Å². The Kier molecular flexibility index (Phi) is 3.11. The molecule has 17 heavy (non-hydrogen) atoms. The molecular weight excluding hydrogens is 240 g/mol. The topological polar surface area (TPSA) is 59.5 Å². The molecule has 0 spiro atoms. The van der Waals surface area contributed by atoms with Crippen LogP contribution in [-0.2, 0) is 9.53 Å². The summed E-state index contributed by atoms with van der Waals surface area (Å²) in [5.41, 5.74) is 1.51. The number of nitrogens with zero attached hydrogens (tertiary/aromatic N) is 2. The first kappa shape index (κ1) is 11.6. The van der Waals surface area contributed by atoms with E-state index in [1.54, 1.807) is 0 Å². The molecular formula is C11H10N2O3S. The Hall–Kier alpha value is -1.87. The summed E-state index contributed by atoms with van der Waals surface area (Å²) in [5, 5.41) is 0. The van der Waals surface area contributed by atoms with Crippen molar-refractivity contribution in [3.05, 3.63) is 10.4 Å². The third kappa shape index (κ3) is 2.01. The van der Waals surface area contributed by atoms with Crippen LogP contribution in [0.5, 0.6) is 0 Å². The monoisotopic (exact) mass is 250 g/mol. The van der Waals surface area contributed by atoms with Crippen LogP contribution in [0.25, 0.3) is 0 Å². The molecule has 0 N–H and O–H groups in total. The zero-order valence-electron chi connectivity index (χ0n) is 9.17. The smallest absolute Gasteiger partial charge is 0.351 e. The average molecular weight is 250 g/mol. The van der Waals surface area contributed by atoms with E-state index in [2.05, 4.69) is 15.6 Å². The molecule has 1 aliphatic rings. The van der Waals surface area contributed by atoms with Gasteiger partial charge in [0.1, 0.15) is 0 Å². The zero-order valence-corrected chi connectivity index (χ0v) is 9.99. The molecule has 2 rings (SSSR count). The van der Waals surface area contributed by atoms with Crippen molar-refractivity contribution < 1.29 is 14.3 Å². The molecule has 0 saturated carbocycles. The van der Waals surface area contributed by atoms with E-state index < -0.39 is 5.97 Å². The minimum Gasteiger partial charge on any atom is -0.465 e. The van der Waals surface area contributed by atoms with Gasteiger partial charge in [-0.1, -0.05) is 0 Å². The fourth-order valence-electron chi connectivity index (χ4n) is 1.69. The second kappa shape index (κ2) is 4.55. The highest BCUT2D eigenvalue weighted by atomic mass is 32.1. The van der Waals surface area contributed by atoms with E-state index in [9.17, 15) is 9.59 Å². The largest absolute Gasteiger partial charge is 0.465 e. The van der Waals surface area contributed by atoms with Gasteiger partial charge in [0.25, 0.3) is 0 Å². The summed E-state index contributed by atoms with van der Waals surface area (Å²) in [6, 6.07) is 0. The molecule has 1 atom stereocenters. The zero-order chi connectivity index (χ0) is 12.4. The van der Waals surface area contributed by atoms with Crippen molar-refractivity contribution >= 4 is 29.0 Å². The highest BCUT2D eigenvalue weighted by Gasteiger charge is 2.33. The lowest BCUT2D eigenvalue weighted by Gasteiger charge is -2.13. The van der Waals surface area contributed by atoms with Crippen LogP contribution < -0.4 is 4.90 Å². The quantitative estimate of drug-likeness (QED) is 0.578. The maximum atomic E-state index is 11.7. The van der Waals surface area contributed by atoms with E-state index in [-0.39, 0.29) is 11.8 Å². The molecule has 1 aromatic heterocycles. The minimum absolute atomic E-state index is 0.107. The molecule has 0 aromatic carbocycles. The van der Waals surface area contributed by atoms with E-state index in [0.717, 1.165) is 11.3 Å². The standard InChI is InChI=1S/C11H10N2O3S/c1-3-7-4-8(14)13(5-7)10-9(11(15)16-2)17-6-12-10/h1,6-7H,4-5H2,2H3. The average Bonchev–Trinajstić information content (AvgIpc) is 2.93. The van der Waals surface area contributed by atoms with Crippen LogP contribution in [0.15, 0.2) is 5.51 Å². The first-order valence-electron chi connectivity index (χ1n) is 4.95. The predicted molar refractivity (Wildman–Crippen MR) is 62.7 cm³/mol. The van der Waals surface area contributed by atoms with Crippen molar-refractivity contribution in [2.75, 3.05) is 18.6 Å². The molecule has 5 nitrogen and oxygen atoms in total. The Morgan fingerprint density at radius 1 is 1.76 bits per heavy atom. The number of hydrogen-bond donors (Lipinski definition) is 0. The number of anilines is 1. The van der Waals surface area contributed by atoms with Crippen molar-refractivity contribution in [2.45, 2.75) is 6.42 Å². The van der Waals surface area contributed by atoms with Gasteiger partial charge in [0.05, 0.1) is 12.6 Å². The molecule has 88 valence electrons. The van der Waals surface area contributed by atoms with Gasteiger partial charge in [-0.2, -0.15) is 0 Å². The Bertz CT molecular complexity index is 503. The minimum atomic E-state index is -0.487. The number of methoxy groups -OCH3 is 1. The number of carbonyl (C=O) groups is 2. The second-order valence-corrected chi connectivity index (χ2v) is 4.42. The Balaban J connectivity index is 2.30. The molecule has 1 amide bonds. The van der Waals surface area contributed by atoms with E-state index in [1.807, 2.05) is 0 Å². The Morgan fingerprint density at radius 3 is 3.12 bits per heavy atom. The fourth-order valence-corrected chi connectivity index (χ4v) is 2.39. The van der Waals surface area contributed by atoms with Crippen molar-refractivity contribution in [2.24, 2.45) is 5.92 Å². The summed E-state index contributed by atoms with van der Waals surface area (Å²) in [4.78, 5) is 29.1. The summed E-state index contributed by atoms with van der Waals surface area (Å²) in [5.74, 6) is 2.19. The summed E-state index contributed by atoms with van der Waals surface area (Å²) in [7, 11) is 1.29. The lowest BCUT2D eigenvalue weighted by molar-refractivity contribution is -0.117. The maximum absolute atomic E-state index is 11.7. The van der Waals surface area contributed by atoms with Crippen LogP contribution in [0.3, 0.4) is 0 Å². The number of carbonyl (C=O) groups excluding carboxylic acids is 2. The fraction of sp³-hybridized carbons (Fsp3) is 0.364. The summed E-state index contributed by atoms with van der Waals surface area (Å²) in [6.45, 7) is 0.406. The summed E-state index contributed by atoms with van der Waals surface area (Å²) < 4.78 is 4.64. The number of terminal acetylenes is 1. The highest BCUT2D eigenvalue weighted by molar-refractivity contribution is 7.12. The second-order valence-electron chi connectivity index (χ2n) is 3.57. The van der Waals surface area contributed by atoms with Crippen LogP contribution in [0.4, 0.5) is 5.82 Å². The number of rotatable bonds is 2. The van der Waals surface area contributed by atoms with Crippen molar-refractivity contribution in [3.8, 4) is 12.3 Å². The molecule has 1 unspecified atom stereocenters. The molecule has 1 fully saturated rings. The molecule has 2 heterocycles. The van der Waals surface area contributed by atoms with E-state index in [1.165, 1.54) is 17.5 Å². The van der Waals surface area contributed by atoms with Crippen LogP contribution in [0.2, 0.25) is 0 Å². The first-order valence-corrected chi connectivity index (χ1v) is 5.83. The van der Waals surface area contributed by atoms with Crippen LogP contribution in [-0.4, -0.2) is 30.5 Å². The summed E-state index contributed by atoms with van der Waals surface area (Å²) >= 11 is 1.15. The van der Waals surface area contributed by atoms with Gasteiger partial charge in [-0.25, -0.2) is 9.78 Å². The van der Waals surface area contributed by atoms with Gasteiger partial charge >= 0.3 is 5.97 Å². The maximum Gasteiger partial charge on any atom is 0.351 e. The molecule has 1 aromatic rings. The first-order chi connectivity index (χ1) is 8.17. The molecule has 0 bridgehead atoms. The van der Waals surface area contributed by atoms with Crippen molar-refractivity contribution in [1.29, 1.82) is 0 Å². The van der Waals surface area contributed by atoms with Gasteiger partial charge in [-0.15, -0.1) is 23.7 Å². The van der Waals surface area contributed by atoms with Gasteiger partial charge < -0.3 is 4.74 Å². The molecule has 1 saturated heterocycles. The highest BCUT2D eigenvalue weighted by Crippen LogP contribution is 2.29. The summed E-state index contributed by atoms with van der Waals surface area (Å²) in [6.07, 6.45) is 5.60. The Labute approximate surface area is 102 Å². The normalized spacial score (nSPS) is 19.2. The number of aromatic nitrogens is 1. The van der Waals surface area contributed by atoms with Gasteiger partial charge in [0, 0.05) is 18.9 Å². The molecule has 0 radical (unpaired) electrons. The lowest BCUT2D eigenvalue weighted by atomic mass is 10.1. The number of esters is 1. The number of amides is 1. The lowest BCUT2D eigenvalue weighted by Crippen LogP contribution is -2.26. The van der Waals surface area contributed by atoms with E-state index >= 15 is 0 Å². The van der Waals surface area contributed by atoms with Gasteiger partial charge in [-0.3, -0.25) is 9.69 Å². The predicted octanol–water partition coefficient (Wildman–Crippen LogP) is 0.916. The van der Waals surface area contributed by atoms with Crippen LogP contribution >= 0.6 is 11.3 Å². The van der Waals surface area contributed by atoms with E-state index in [0.29, 0.717) is 23.7 Å². The molecule has 0 aliphatic carbocycles. The third-order valence-electron chi connectivity index (χ3n) is 2.54. The number of thiazole rings is 1. The third-order valence-corrected chi connectivity index (χ3v) is 3.33. The van der Waals surface area contributed by atoms with Crippen LogP contribution in [0.1, 0.15) is 16.1 Å². The SMILES string of the molecule is C#CC1CC(=O)N(c2ncsc2C(=O)OC)C1. The van der Waals surface area contributed by atoms with E-state index in [4.69, 9.17) is 6.42 Å². The number of hydrogen-bond acceptors (Lipinski definition) is 5. The van der Waals surface area contributed by atoms with Crippen LogP contribution in [0, 0.1) is 18.3 Å². The van der Waals surface area contributed by atoms with Gasteiger partial charge in [-0.05, 0) is 0 Å². The number of ether oxygens (including phenoxy) is 1. The molecule has 1 aliphatic heterocycles. The van der Waals surface area contributed by atoms with Gasteiger partial charge in [0.15, 0.2) is 10.7 Å². The van der Waals surface area contributed by atoms with Gasteiger partial charge in [0.2, 0.25) is 5.91 Å².